The van der Waals surface area contributed by atoms with Crippen molar-refractivity contribution < 1.29 is 4.79 Å². The number of nitrogens with one attached hydrogen (secondary N) is 1. The lowest BCUT2D eigenvalue weighted by molar-refractivity contribution is 0.103. The maximum absolute atomic E-state index is 12.5. The molecule has 0 amide bonds. The number of aromatic nitrogens is 1. The van der Waals surface area contributed by atoms with Gasteiger partial charge in [0, 0.05) is 5.69 Å². The van der Waals surface area contributed by atoms with E-state index < -0.39 is 0 Å². The zero-order chi connectivity index (χ0) is 13.4. The Labute approximate surface area is 116 Å². The van der Waals surface area contributed by atoms with Crippen LogP contribution in [0.25, 0.3) is 0 Å². The van der Waals surface area contributed by atoms with Gasteiger partial charge < -0.3 is 4.98 Å². The molecule has 0 fully saturated rings. The van der Waals surface area contributed by atoms with Gasteiger partial charge in [0.15, 0.2) is 0 Å². The first kappa shape index (κ1) is 13.2. The summed E-state index contributed by atoms with van der Waals surface area (Å²) in [7, 11) is 0. The lowest BCUT2D eigenvalue weighted by Gasteiger charge is -2.05. The Hall–Kier alpha value is -1.25. The summed E-state index contributed by atoms with van der Waals surface area (Å²) in [5, 5.41) is 0.744. The second-order valence-corrected chi connectivity index (χ2v) is 5.12. The molecule has 18 heavy (non-hydrogen) atoms. The third-order valence-corrected chi connectivity index (χ3v) is 3.86. The average molecular weight is 282 g/mol. The van der Waals surface area contributed by atoms with Gasteiger partial charge in [0.2, 0.25) is 5.78 Å². The largest absolute Gasteiger partial charge is 0.356 e. The second-order valence-electron chi connectivity index (χ2n) is 4.30. The first-order chi connectivity index (χ1) is 8.43. The molecule has 0 spiro atoms. The fraction of sp³-hybridized carbons (Fsp3) is 0.214. The number of aryl methyl sites for hydroxylation is 1. The fourth-order valence-corrected chi connectivity index (χ4v) is 2.48. The number of hydrogen-bond donors (Lipinski definition) is 1. The molecule has 0 unspecified atom stereocenters. The molecule has 0 saturated heterocycles. The number of carbonyl (C=O) groups excluding carboxylic acids is 1. The summed E-state index contributed by atoms with van der Waals surface area (Å²) < 4.78 is 0. The summed E-state index contributed by atoms with van der Waals surface area (Å²) in [6.45, 7) is 5.83. The highest BCUT2D eigenvalue weighted by atomic mass is 35.5. The van der Waals surface area contributed by atoms with Crippen LogP contribution < -0.4 is 0 Å². The van der Waals surface area contributed by atoms with Gasteiger partial charge in [-0.2, -0.15) is 0 Å². The molecule has 0 atom stereocenters. The van der Waals surface area contributed by atoms with Crippen LogP contribution in [0.1, 0.15) is 32.9 Å². The molecule has 0 bridgehead atoms. The zero-order valence-corrected chi connectivity index (χ0v) is 11.9. The van der Waals surface area contributed by atoms with Crippen LogP contribution in [0.2, 0.25) is 10.0 Å². The van der Waals surface area contributed by atoms with Gasteiger partial charge in [0.1, 0.15) is 0 Å². The molecule has 0 aliphatic heterocycles. The third kappa shape index (κ3) is 2.06. The van der Waals surface area contributed by atoms with Gasteiger partial charge in [-0.3, -0.25) is 4.79 Å². The summed E-state index contributed by atoms with van der Waals surface area (Å²) >= 11 is 12.1. The number of rotatable bonds is 2. The Bertz CT molecular complexity index is 609. The van der Waals surface area contributed by atoms with Crippen molar-refractivity contribution in [3.05, 3.63) is 56.3 Å². The Balaban J connectivity index is 2.59. The molecule has 2 rings (SSSR count). The van der Waals surface area contributed by atoms with E-state index in [0.29, 0.717) is 21.3 Å². The standard InChI is InChI=1S/C14H13Cl2NO/c1-7-8(2)13(17-9(7)3)14(18)12-10(15)5-4-6-11(12)16/h4-6,17H,1-3H3. The average Bonchev–Trinajstić information content (AvgIpc) is 2.56. The number of carbonyl (C=O) groups is 1. The van der Waals surface area contributed by atoms with Gasteiger partial charge in [-0.1, -0.05) is 29.3 Å². The van der Waals surface area contributed by atoms with E-state index in [1.54, 1.807) is 18.2 Å². The van der Waals surface area contributed by atoms with Crippen LogP contribution in [0.3, 0.4) is 0 Å². The number of H-pyrrole nitrogens is 1. The van der Waals surface area contributed by atoms with Crippen molar-refractivity contribution in [3.63, 3.8) is 0 Å². The molecular weight excluding hydrogens is 269 g/mol. The van der Waals surface area contributed by atoms with Gasteiger partial charge in [-0.15, -0.1) is 0 Å². The number of aromatic amines is 1. The molecule has 1 aromatic carbocycles. The van der Waals surface area contributed by atoms with Gasteiger partial charge >= 0.3 is 0 Å². The minimum Gasteiger partial charge on any atom is -0.356 e. The van der Waals surface area contributed by atoms with E-state index in [0.717, 1.165) is 16.8 Å². The molecule has 0 aliphatic rings. The molecule has 2 aromatic rings. The van der Waals surface area contributed by atoms with E-state index in [9.17, 15) is 4.79 Å². The maximum Gasteiger partial charge on any atom is 0.212 e. The van der Waals surface area contributed by atoms with Crippen LogP contribution in [0, 0.1) is 20.8 Å². The third-order valence-electron chi connectivity index (χ3n) is 3.23. The van der Waals surface area contributed by atoms with Gasteiger partial charge in [-0.05, 0) is 44.0 Å². The van der Waals surface area contributed by atoms with E-state index >= 15 is 0 Å². The summed E-state index contributed by atoms with van der Waals surface area (Å²) in [6, 6.07) is 5.05. The minimum atomic E-state index is -0.167. The van der Waals surface area contributed by atoms with Crippen LogP contribution >= 0.6 is 23.2 Å². The van der Waals surface area contributed by atoms with Gasteiger partial charge in [-0.25, -0.2) is 0 Å². The first-order valence-electron chi connectivity index (χ1n) is 5.58. The Morgan fingerprint density at radius 3 is 2.06 bits per heavy atom. The minimum absolute atomic E-state index is 0.167. The second kappa shape index (κ2) is 4.79. The highest BCUT2D eigenvalue weighted by Gasteiger charge is 2.21. The van der Waals surface area contributed by atoms with E-state index in [1.165, 1.54) is 0 Å². The molecular formula is C14H13Cl2NO. The Morgan fingerprint density at radius 1 is 1.06 bits per heavy atom. The summed E-state index contributed by atoms with van der Waals surface area (Å²) in [6.07, 6.45) is 0. The zero-order valence-electron chi connectivity index (χ0n) is 10.4. The Morgan fingerprint density at radius 2 is 1.61 bits per heavy atom. The van der Waals surface area contributed by atoms with Crippen molar-refractivity contribution in [2.45, 2.75) is 20.8 Å². The van der Waals surface area contributed by atoms with Crippen LogP contribution in [-0.2, 0) is 0 Å². The number of halogens is 2. The van der Waals surface area contributed by atoms with Crippen molar-refractivity contribution in [2.75, 3.05) is 0 Å². The maximum atomic E-state index is 12.5. The van der Waals surface area contributed by atoms with Gasteiger partial charge in [0.25, 0.3) is 0 Å². The SMILES string of the molecule is Cc1[nH]c(C(=O)c2c(Cl)cccc2Cl)c(C)c1C. The summed E-state index contributed by atoms with van der Waals surface area (Å²) in [4.78, 5) is 15.6. The normalized spacial score (nSPS) is 10.7. The highest BCUT2D eigenvalue weighted by molar-refractivity contribution is 6.40. The first-order valence-corrected chi connectivity index (χ1v) is 6.33. The molecule has 1 heterocycles. The molecule has 0 radical (unpaired) electrons. The summed E-state index contributed by atoms with van der Waals surface area (Å²) in [5.41, 5.74) is 3.92. The van der Waals surface area contributed by atoms with E-state index in [1.807, 2.05) is 20.8 Å². The molecule has 4 heteroatoms. The highest BCUT2D eigenvalue weighted by Crippen LogP contribution is 2.28. The lowest BCUT2D eigenvalue weighted by Crippen LogP contribution is -2.05. The van der Waals surface area contributed by atoms with Crippen molar-refractivity contribution in [3.8, 4) is 0 Å². The van der Waals surface area contributed by atoms with Crippen molar-refractivity contribution in [2.24, 2.45) is 0 Å². The fourth-order valence-electron chi connectivity index (χ4n) is 1.91. The van der Waals surface area contributed by atoms with E-state index in [-0.39, 0.29) is 5.78 Å². The lowest BCUT2D eigenvalue weighted by atomic mass is 10.0. The molecule has 0 aliphatic carbocycles. The molecule has 2 nitrogen and oxygen atoms in total. The van der Waals surface area contributed by atoms with Crippen molar-refractivity contribution in [1.29, 1.82) is 0 Å². The van der Waals surface area contributed by atoms with Crippen LogP contribution in [-0.4, -0.2) is 10.8 Å². The molecule has 1 N–H and O–H groups in total. The van der Waals surface area contributed by atoms with E-state index in [4.69, 9.17) is 23.2 Å². The number of benzene rings is 1. The van der Waals surface area contributed by atoms with E-state index in [2.05, 4.69) is 4.98 Å². The monoisotopic (exact) mass is 281 g/mol. The predicted molar refractivity (Wildman–Crippen MR) is 74.9 cm³/mol. The number of ketones is 1. The summed E-state index contributed by atoms with van der Waals surface area (Å²) in [5.74, 6) is -0.167. The molecule has 0 saturated carbocycles. The molecule has 1 aromatic heterocycles. The Kier molecular flexibility index (Phi) is 3.51. The molecule has 94 valence electrons. The van der Waals surface area contributed by atoms with Crippen LogP contribution in [0.15, 0.2) is 18.2 Å². The van der Waals surface area contributed by atoms with Crippen LogP contribution in [0.4, 0.5) is 0 Å². The predicted octanol–water partition coefficient (Wildman–Crippen LogP) is 4.48. The van der Waals surface area contributed by atoms with Gasteiger partial charge in [0.05, 0.1) is 21.3 Å². The van der Waals surface area contributed by atoms with Crippen molar-refractivity contribution >= 4 is 29.0 Å². The van der Waals surface area contributed by atoms with Crippen molar-refractivity contribution in [1.82, 2.24) is 4.98 Å². The topological polar surface area (TPSA) is 32.9 Å². The quantitative estimate of drug-likeness (QED) is 0.809. The number of hydrogen-bond acceptors (Lipinski definition) is 1. The van der Waals surface area contributed by atoms with Crippen LogP contribution in [0.5, 0.6) is 0 Å². The smallest absolute Gasteiger partial charge is 0.212 e.